The molecule has 0 aliphatic carbocycles. The molecule has 2 aromatic rings. The van der Waals surface area contributed by atoms with Crippen molar-refractivity contribution in [3.05, 3.63) is 53.6 Å². The maximum Gasteiger partial charge on any atom is 0.416 e. The van der Waals surface area contributed by atoms with Crippen LogP contribution in [-0.2, 0) is 25.3 Å². The van der Waals surface area contributed by atoms with Crippen molar-refractivity contribution < 1.29 is 41.8 Å². The standard InChI is InChI=1S/C21H20F3N3O6/c1-31-17-8-13(6-7-16(17)33-12-20(30)32-2)11-25-27-19(29)10-18(28)26-15-5-3-4-14(9-15)21(22,23)24/h3-9,11H,10,12H2,1-2H3,(H,26,28)(H,27,29). The Morgan fingerprint density at radius 1 is 1.03 bits per heavy atom. The van der Waals surface area contributed by atoms with Crippen LogP contribution < -0.4 is 20.2 Å². The van der Waals surface area contributed by atoms with Crippen LogP contribution in [-0.4, -0.2) is 44.8 Å². The van der Waals surface area contributed by atoms with Gasteiger partial charge in [0.05, 0.1) is 26.0 Å². The van der Waals surface area contributed by atoms with Gasteiger partial charge in [-0.2, -0.15) is 18.3 Å². The highest BCUT2D eigenvalue weighted by molar-refractivity contribution is 6.03. The van der Waals surface area contributed by atoms with Crippen LogP contribution in [0, 0.1) is 0 Å². The number of benzene rings is 2. The Morgan fingerprint density at radius 2 is 1.79 bits per heavy atom. The summed E-state index contributed by atoms with van der Waals surface area (Å²) in [5, 5.41) is 5.94. The number of carbonyl (C=O) groups is 3. The van der Waals surface area contributed by atoms with Crippen LogP contribution in [0.1, 0.15) is 17.5 Å². The van der Waals surface area contributed by atoms with E-state index in [1.54, 1.807) is 6.07 Å². The molecule has 9 nitrogen and oxygen atoms in total. The molecule has 33 heavy (non-hydrogen) atoms. The van der Waals surface area contributed by atoms with Gasteiger partial charge in [0, 0.05) is 5.69 Å². The van der Waals surface area contributed by atoms with Crippen molar-refractivity contribution in [1.82, 2.24) is 5.43 Å². The Bertz CT molecular complexity index is 1040. The molecule has 0 heterocycles. The summed E-state index contributed by atoms with van der Waals surface area (Å²) in [5.74, 6) is -1.57. The van der Waals surface area contributed by atoms with Crippen molar-refractivity contribution in [3.8, 4) is 11.5 Å². The van der Waals surface area contributed by atoms with E-state index in [0.29, 0.717) is 11.3 Å². The Balaban J connectivity index is 1.89. The van der Waals surface area contributed by atoms with Crippen molar-refractivity contribution >= 4 is 29.7 Å². The molecule has 0 fully saturated rings. The van der Waals surface area contributed by atoms with E-state index < -0.39 is 35.9 Å². The lowest BCUT2D eigenvalue weighted by Crippen LogP contribution is -2.24. The lowest BCUT2D eigenvalue weighted by atomic mass is 10.2. The second-order valence-corrected chi connectivity index (χ2v) is 6.37. The fourth-order valence-corrected chi connectivity index (χ4v) is 2.42. The summed E-state index contributed by atoms with van der Waals surface area (Å²) >= 11 is 0. The Labute approximate surface area is 186 Å². The minimum absolute atomic E-state index is 0.0901. The quantitative estimate of drug-likeness (QED) is 0.254. The van der Waals surface area contributed by atoms with E-state index in [2.05, 4.69) is 20.6 Å². The van der Waals surface area contributed by atoms with Crippen LogP contribution in [0.15, 0.2) is 47.6 Å². The van der Waals surface area contributed by atoms with Gasteiger partial charge < -0.3 is 19.5 Å². The molecule has 0 spiro atoms. The summed E-state index contributed by atoms with van der Waals surface area (Å²) in [5.41, 5.74) is 1.63. The number of alkyl halides is 3. The monoisotopic (exact) mass is 467 g/mol. The summed E-state index contributed by atoms with van der Waals surface area (Å²) in [4.78, 5) is 34.9. The van der Waals surface area contributed by atoms with Gasteiger partial charge in [0.25, 0.3) is 0 Å². The van der Waals surface area contributed by atoms with Crippen molar-refractivity contribution in [2.24, 2.45) is 5.10 Å². The van der Waals surface area contributed by atoms with E-state index in [-0.39, 0.29) is 18.0 Å². The number of hydrazone groups is 1. The van der Waals surface area contributed by atoms with Gasteiger partial charge in [-0.15, -0.1) is 0 Å². The molecule has 2 rings (SSSR count). The highest BCUT2D eigenvalue weighted by atomic mass is 19.4. The Hall–Kier alpha value is -4.09. The summed E-state index contributed by atoms with van der Waals surface area (Å²) in [6.45, 7) is -0.307. The third-order valence-electron chi connectivity index (χ3n) is 3.96. The molecule has 0 saturated carbocycles. The third-order valence-corrected chi connectivity index (χ3v) is 3.96. The van der Waals surface area contributed by atoms with Gasteiger partial charge in [-0.1, -0.05) is 6.07 Å². The first-order valence-electron chi connectivity index (χ1n) is 9.29. The first-order chi connectivity index (χ1) is 15.6. The lowest BCUT2D eigenvalue weighted by molar-refractivity contribution is -0.143. The van der Waals surface area contributed by atoms with Crippen LogP contribution in [0.3, 0.4) is 0 Å². The molecule has 0 unspecified atom stereocenters. The molecule has 0 aliphatic heterocycles. The zero-order chi connectivity index (χ0) is 24.4. The molecule has 0 radical (unpaired) electrons. The molecule has 176 valence electrons. The molecule has 0 aliphatic rings. The van der Waals surface area contributed by atoms with Crippen LogP contribution in [0.25, 0.3) is 0 Å². The second kappa shape index (κ2) is 11.5. The van der Waals surface area contributed by atoms with Gasteiger partial charge in [-0.25, -0.2) is 10.2 Å². The number of nitrogens with one attached hydrogen (secondary N) is 2. The van der Waals surface area contributed by atoms with E-state index in [0.717, 1.165) is 18.2 Å². The smallest absolute Gasteiger partial charge is 0.416 e. The molecule has 0 atom stereocenters. The molecule has 2 N–H and O–H groups in total. The molecule has 12 heteroatoms. The average Bonchev–Trinajstić information content (AvgIpc) is 2.77. The number of hydrogen-bond acceptors (Lipinski definition) is 7. The molecule has 2 aromatic carbocycles. The van der Waals surface area contributed by atoms with E-state index in [1.165, 1.54) is 38.6 Å². The molecule has 0 saturated heterocycles. The Morgan fingerprint density at radius 3 is 2.45 bits per heavy atom. The van der Waals surface area contributed by atoms with Crippen molar-refractivity contribution in [3.63, 3.8) is 0 Å². The van der Waals surface area contributed by atoms with Gasteiger partial charge in [0.1, 0.15) is 6.42 Å². The van der Waals surface area contributed by atoms with Crippen molar-refractivity contribution in [1.29, 1.82) is 0 Å². The first kappa shape index (κ1) is 25.2. The number of amides is 2. The number of hydrogen-bond donors (Lipinski definition) is 2. The normalized spacial score (nSPS) is 11.1. The maximum atomic E-state index is 12.7. The SMILES string of the molecule is COC(=O)COc1ccc(C=NNC(=O)CC(=O)Nc2cccc(C(F)(F)F)c2)cc1OC. The summed E-state index contributed by atoms with van der Waals surface area (Å²) in [6, 6.07) is 8.67. The lowest BCUT2D eigenvalue weighted by Gasteiger charge is -2.10. The topological polar surface area (TPSA) is 115 Å². The molecular formula is C21H20F3N3O6. The van der Waals surface area contributed by atoms with Gasteiger partial charge in [-0.3, -0.25) is 9.59 Å². The molecule has 0 aromatic heterocycles. The molecular weight excluding hydrogens is 447 g/mol. The summed E-state index contributed by atoms with van der Waals surface area (Å²) in [6.07, 6.45) is -3.94. The number of nitrogens with zero attached hydrogens (tertiary/aromatic N) is 1. The zero-order valence-electron chi connectivity index (χ0n) is 17.6. The minimum Gasteiger partial charge on any atom is -0.493 e. The number of halogens is 3. The van der Waals surface area contributed by atoms with Crippen LogP contribution in [0.5, 0.6) is 11.5 Å². The number of ether oxygens (including phenoxy) is 3. The number of carbonyl (C=O) groups excluding carboxylic acids is 3. The number of esters is 1. The highest BCUT2D eigenvalue weighted by Crippen LogP contribution is 2.30. The van der Waals surface area contributed by atoms with Gasteiger partial charge in [-0.05, 0) is 42.0 Å². The fourth-order valence-electron chi connectivity index (χ4n) is 2.42. The minimum atomic E-state index is -4.55. The second-order valence-electron chi connectivity index (χ2n) is 6.37. The summed E-state index contributed by atoms with van der Waals surface area (Å²) in [7, 11) is 2.62. The first-order valence-corrected chi connectivity index (χ1v) is 9.29. The average molecular weight is 467 g/mol. The van der Waals surface area contributed by atoms with E-state index in [4.69, 9.17) is 9.47 Å². The third kappa shape index (κ3) is 8.16. The van der Waals surface area contributed by atoms with Crippen molar-refractivity contribution in [2.45, 2.75) is 12.6 Å². The number of rotatable bonds is 9. The predicted molar refractivity (Wildman–Crippen MR) is 111 cm³/mol. The van der Waals surface area contributed by atoms with E-state index in [1.807, 2.05) is 0 Å². The zero-order valence-corrected chi connectivity index (χ0v) is 17.6. The maximum absolute atomic E-state index is 12.7. The van der Waals surface area contributed by atoms with Gasteiger partial charge in [0.2, 0.25) is 11.8 Å². The van der Waals surface area contributed by atoms with Crippen LogP contribution in [0.2, 0.25) is 0 Å². The molecule has 0 bridgehead atoms. The Kier molecular flexibility index (Phi) is 8.78. The van der Waals surface area contributed by atoms with Crippen LogP contribution in [0.4, 0.5) is 18.9 Å². The van der Waals surface area contributed by atoms with Crippen molar-refractivity contribution in [2.75, 3.05) is 26.1 Å². The largest absolute Gasteiger partial charge is 0.493 e. The van der Waals surface area contributed by atoms with E-state index in [9.17, 15) is 27.6 Å². The number of anilines is 1. The van der Waals surface area contributed by atoms with E-state index >= 15 is 0 Å². The predicted octanol–water partition coefficient (Wildman–Crippen LogP) is 2.74. The van der Waals surface area contributed by atoms with Crippen LogP contribution >= 0.6 is 0 Å². The summed E-state index contributed by atoms with van der Waals surface area (Å²) < 4.78 is 53.1. The number of methoxy groups -OCH3 is 2. The molecule has 2 amide bonds. The fraction of sp³-hybridized carbons (Fsp3) is 0.238. The van der Waals surface area contributed by atoms with Gasteiger partial charge >= 0.3 is 12.1 Å². The highest BCUT2D eigenvalue weighted by Gasteiger charge is 2.30. The van der Waals surface area contributed by atoms with Gasteiger partial charge in [0.15, 0.2) is 18.1 Å².